The van der Waals surface area contributed by atoms with Gasteiger partial charge in [-0.2, -0.15) is 11.8 Å². The van der Waals surface area contributed by atoms with Gasteiger partial charge in [-0.3, -0.25) is 9.59 Å². The summed E-state index contributed by atoms with van der Waals surface area (Å²) < 4.78 is 0. The van der Waals surface area contributed by atoms with Crippen LogP contribution in [0.5, 0.6) is 0 Å². The molecule has 136 valence electrons. The number of thioether (sulfide) groups is 2. The molecule has 0 bridgehead atoms. The number of Topliss-reactive ketones (excluding diaryl/α,β-unsaturated/α-hetero) is 2. The molecule has 0 aromatic rings. The van der Waals surface area contributed by atoms with E-state index in [1.807, 2.05) is 0 Å². The third kappa shape index (κ3) is 2.54. The molecule has 4 aliphatic rings. The lowest BCUT2D eigenvalue weighted by Gasteiger charge is -2.52. The van der Waals surface area contributed by atoms with E-state index in [9.17, 15) is 9.59 Å². The lowest BCUT2D eigenvalue weighted by Crippen LogP contribution is -2.45. The van der Waals surface area contributed by atoms with Crippen molar-refractivity contribution in [3.05, 3.63) is 22.1 Å². The molecule has 2 saturated carbocycles. The Morgan fingerprint density at radius 1 is 1.16 bits per heavy atom. The van der Waals surface area contributed by atoms with Crippen molar-refractivity contribution in [2.75, 3.05) is 11.3 Å². The number of carbonyl (C=O) groups is 2. The molecular weight excluding hydrogens is 348 g/mol. The Balaban J connectivity index is 1.75. The Morgan fingerprint density at radius 3 is 2.72 bits per heavy atom. The topological polar surface area (TPSA) is 34.1 Å². The van der Waals surface area contributed by atoms with Gasteiger partial charge in [0.15, 0.2) is 5.78 Å². The van der Waals surface area contributed by atoms with Gasteiger partial charge in [-0.1, -0.05) is 25.5 Å². The minimum Gasteiger partial charge on any atom is -0.299 e. The predicted molar refractivity (Wildman–Crippen MR) is 107 cm³/mol. The second-order valence-electron chi connectivity index (χ2n) is 8.61. The van der Waals surface area contributed by atoms with E-state index in [2.05, 4.69) is 26.2 Å². The fraction of sp³-hybridized carbons (Fsp3) is 0.714. The van der Waals surface area contributed by atoms with Gasteiger partial charge in [-0.25, -0.2) is 0 Å². The van der Waals surface area contributed by atoms with E-state index in [1.54, 1.807) is 29.1 Å². The summed E-state index contributed by atoms with van der Waals surface area (Å²) in [6, 6.07) is 0. The van der Waals surface area contributed by atoms with Gasteiger partial charge in [0, 0.05) is 28.8 Å². The molecule has 2 fully saturated rings. The summed E-state index contributed by atoms with van der Waals surface area (Å²) in [7, 11) is 0. The Labute approximate surface area is 159 Å². The van der Waals surface area contributed by atoms with Crippen LogP contribution >= 0.6 is 23.5 Å². The van der Waals surface area contributed by atoms with Gasteiger partial charge < -0.3 is 0 Å². The molecule has 0 amide bonds. The number of carbonyl (C=O) groups excluding carboxylic acids is 2. The van der Waals surface area contributed by atoms with Gasteiger partial charge in [0.2, 0.25) is 0 Å². The minimum absolute atomic E-state index is 0.0601. The van der Waals surface area contributed by atoms with Crippen LogP contribution in [0.1, 0.15) is 58.8 Å². The lowest BCUT2D eigenvalue weighted by atomic mass is 9.52. The van der Waals surface area contributed by atoms with E-state index < -0.39 is 0 Å². The average Bonchev–Trinajstić information content (AvgIpc) is 2.90. The van der Waals surface area contributed by atoms with Crippen molar-refractivity contribution in [1.82, 2.24) is 0 Å². The molecule has 0 radical (unpaired) electrons. The van der Waals surface area contributed by atoms with Crippen LogP contribution < -0.4 is 0 Å². The number of hydrogen-bond acceptors (Lipinski definition) is 4. The van der Waals surface area contributed by atoms with E-state index in [0.717, 1.165) is 48.5 Å². The average molecular weight is 377 g/mol. The van der Waals surface area contributed by atoms with E-state index >= 15 is 0 Å². The van der Waals surface area contributed by atoms with Gasteiger partial charge in [0.05, 0.1) is 4.91 Å². The zero-order valence-electron chi connectivity index (χ0n) is 15.5. The van der Waals surface area contributed by atoms with Crippen LogP contribution in [0.25, 0.3) is 0 Å². The van der Waals surface area contributed by atoms with E-state index in [-0.39, 0.29) is 10.8 Å². The summed E-state index contributed by atoms with van der Waals surface area (Å²) in [5.41, 5.74) is 2.93. The van der Waals surface area contributed by atoms with Crippen LogP contribution in [-0.2, 0) is 9.59 Å². The first-order valence-corrected chi connectivity index (χ1v) is 11.9. The SMILES string of the molecule is CSCSC1=C2CC[C@@H]3C(=CC[C@]4(C)C(=O)CC[C@@H]34)[C@@]2(C)CCC1=O. The van der Waals surface area contributed by atoms with Crippen LogP contribution in [0.15, 0.2) is 22.1 Å². The van der Waals surface area contributed by atoms with Gasteiger partial charge in [0.25, 0.3) is 0 Å². The normalized spacial score (nSPS) is 40.5. The first-order chi connectivity index (χ1) is 11.9. The Morgan fingerprint density at radius 2 is 1.96 bits per heavy atom. The molecule has 4 heteroatoms. The zero-order valence-corrected chi connectivity index (χ0v) is 17.2. The van der Waals surface area contributed by atoms with Crippen molar-refractivity contribution in [3.8, 4) is 0 Å². The molecule has 2 nitrogen and oxygen atoms in total. The highest BCUT2D eigenvalue weighted by atomic mass is 32.2. The van der Waals surface area contributed by atoms with Crippen molar-refractivity contribution in [1.29, 1.82) is 0 Å². The van der Waals surface area contributed by atoms with Crippen molar-refractivity contribution in [2.45, 2.75) is 58.8 Å². The van der Waals surface area contributed by atoms with E-state index in [1.165, 1.54) is 5.57 Å². The summed E-state index contributed by atoms with van der Waals surface area (Å²) in [4.78, 5) is 26.1. The van der Waals surface area contributed by atoms with Crippen LogP contribution in [0.3, 0.4) is 0 Å². The summed E-state index contributed by atoms with van der Waals surface area (Å²) in [5.74, 6) is 1.92. The fourth-order valence-electron chi connectivity index (χ4n) is 6.03. The molecule has 0 aromatic heterocycles. The van der Waals surface area contributed by atoms with Crippen molar-refractivity contribution in [2.24, 2.45) is 22.7 Å². The highest BCUT2D eigenvalue weighted by Crippen LogP contribution is 2.63. The standard InChI is InChI=1S/C21H28O2S2/c1-20-11-9-17(22)19(25-12-24-3)16(20)5-4-13-14-6-7-18(23)21(14,2)10-8-15(13)20/h8,13-14H,4-7,9-12H2,1-3H3/t13-,14-,20+,21-/m0/s1. The molecule has 0 N–H and O–H groups in total. The van der Waals surface area contributed by atoms with Crippen molar-refractivity contribution >= 4 is 35.1 Å². The molecule has 0 aromatic carbocycles. The highest BCUT2D eigenvalue weighted by molar-refractivity contribution is 8.18. The Bertz CT molecular complexity index is 692. The highest BCUT2D eigenvalue weighted by Gasteiger charge is 2.56. The minimum atomic E-state index is -0.118. The monoisotopic (exact) mass is 376 g/mol. The lowest BCUT2D eigenvalue weighted by molar-refractivity contribution is -0.127. The molecule has 0 aliphatic heterocycles. The first kappa shape index (κ1) is 17.9. The number of hydrogen-bond donors (Lipinski definition) is 0. The van der Waals surface area contributed by atoms with E-state index in [0.29, 0.717) is 29.8 Å². The van der Waals surface area contributed by atoms with E-state index in [4.69, 9.17) is 0 Å². The van der Waals surface area contributed by atoms with Gasteiger partial charge in [-0.05, 0) is 55.8 Å². The second kappa shape index (κ2) is 6.30. The largest absolute Gasteiger partial charge is 0.299 e. The van der Waals surface area contributed by atoms with Crippen LogP contribution in [0.4, 0.5) is 0 Å². The quantitative estimate of drug-likeness (QED) is 0.488. The number of ketones is 2. The maximum atomic E-state index is 12.6. The number of fused-ring (bicyclic) bond motifs is 5. The second-order valence-corrected chi connectivity index (χ2v) is 10.8. The molecule has 4 aliphatic carbocycles. The summed E-state index contributed by atoms with van der Waals surface area (Å²) in [6.07, 6.45) is 11.1. The molecule has 0 saturated heterocycles. The molecule has 0 unspecified atom stereocenters. The zero-order chi connectivity index (χ0) is 17.8. The number of rotatable bonds is 3. The van der Waals surface area contributed by atoms with Crippen LogP contribution in [-0.4, -0.2) is 22.9 Å². The van der Waals surface area contributed by atoms with Crippen molar-refractivity contribution in [3.63, 3.8) is 0 Å². The molecule has 4 rings (SSSR count). The van der Waals surface area contributed by atoms with Crippen LogP contribution in [0.2, 0.25) is 0 Å². The summed E-state index contributed by atoms with van der Waals surface area (Å²) in [6.45, 7) is 4.59. The van der Waals surface area contributed by atoms with Gasteiger partial charge in [-0.15, -0.1) is 11.8 Å². The smallest absolute Gasteiger partial charge is 0.169 e. The molecule has 4 atom stereocenters. The van der Waals surface area contributed by atoms with Crippen LogP contribution in [0, 0.1) is 22.7 Å². The third-order valence-electron chi connectivity index (χ3n) is 7.48. The molecular formula is C21H28O2S2. The third-order valence-corrected chi connectivity index (χ3v) is 9.65. The number of allylic oxidation sites excluding steroid dienone is 4. The van der Waals surface area contributed by atoms with Crippen molar-refractivity contribution < 1.29 is 9.59 Å². The summed E-state index contributed by atoms with van der Waals surface area (Å²) >= 11 is 3.55. The Kier molecular flexibility index (Phi) is 4.51. The molecule has 0 heterocycles. The molecule has 25 heavy (non-hydrogen) atoms. The maximum absolute atomic E-state index is 12.6. The maximum Gasteiger partial charge on any atom is 0.169 e. The van der Waals surface area contributed by atoms with Gasteiger partial charge >= 0.3 is 0 Å². The predicted octanol–water partition coefficient (Wildman–Crippen LogP) is 5.39. The first-order valence-electron chi connectivity index (χ1n) is 9.54. The molecule has 0 spiro atoms. The summed E-state index contributed by atoms with van der Waals surface area (Å²) in [5, 5.41) is 0.957. The Hall–Kier alpha value is -0.480. The van der Waals surface area contributed by atoms with Gasteiger partial charge in [0.1, 0.15) is 5.78 Å². The fourth-order valence-corrected chi connectivity index (χ4v) is 7.74.